The third-order valence-corrected chi connectivity index (χ3v) is 6.23. The third-order valence-electron chi connectivity index (χ3n) is 4.82. The van der Waals surface area contributed by atoms with Gasteiger partial charge in [0.05, 0.1) is 0 Å². The maximum Gasteiger partial charge on any atom is 0.242 e. The van der Waals surface area contributed by atoms with E-state index in [0.717, 1.165) is 18.4 Å². The fraction of sp³-hybridized carbons (Fsp3) is 0.667. The van der Waals surface area contributed by atoms with E-state index in [2.05, 4.69) is 15.0 Å². The van der Waals surface area contributed by atoms with Crippen LogP contribution in [0.5, 0.6) is 0 Å². The van der Waals surface area contributed by atoms with Crippen molar-refractivity contribution in [1.29, 1.82) is 0 Å². The van der Waals surface area contributed by atoms with Gasteiger partial charge in [-0.15, -0.1) is 0 Å². The number of hydrogen-bond acceptors (Lipinski definition) is 4. The van der Waals surface area contributed by atoms with Crippen LogP contribution < -0.4 is 10.0 Å². The van der Waals surface area contributed by atoms with Gasteiger partial charge in [0.15, 0.2) is 0 Å². The predicted molar refractivity (Wildman–Crippen MR) is 82.5 cm³/mol. The van der Waals surface area contributed by atoms with Crippen LogP contribution in [0.1, 0.15) is 32.6 Å². The molecule has 1 heterocycles. The van der Waals surface area contributed by atoms with Crippen LogP contribution >= 0.6 is 0 Å². The van der Waals surface area contributed by atoms with E-state index in [4.69, 9.17) is 0 Å². The lowest BCUT2D eigenvalue weighted by Crippen LogP contribution is -2.31. The number of nitrogens with one attached hydrogen (secondary N) is 2. The Morgan fingerprint density at radius 3 is 2.71 bits per heavy atom. The van der Waals surface area contributed by atoms with Crippen LogP contribution in [0.2, 0.25) is 0 Å². The highest BCUT2D eigenvalue weighted by Crippen LogP contribution is 2.48. The summed E-state index contributed by atoms with van der Waals surface area (Å²) in [7, 11) is -3.44. The quantitative estimate of drug-likeness (QED) is 0.845. The van der Waals surface area contributed by atoms with Crippen molar-refractivity contribution in [2.75, 3.05) is 18.4 Å². The lowest BCUT2D eigenvalue weighted by atomic mass is 9.89. The summed E-state index contributed by atoms with van der Waals surface area (Å²) in [5.41, 5.74) is 0. The zero-order chi connectivity index (χ0) is 14.9. The topological polar surface area (TPSA) is 71.1 Å². The van der Waals surface area contributed by atoms with E-state index in [-0.39, 0.29) is 4.90 Å². The van der Waals surface area contributed by atoms with Crippen LogP contribution in [0.3, 0.4) is 0 Å². The summed E-state index contributed by atoms with van der Waals surface area (Å²) < 4.78 is 27.4. The summed E-state index contributed by atoms with van der Waals surface area (Å²) in [5.74, 6) is 2.79. The molecule has 5 nitrogen and oxygen atoms in total. The van der Waals surface area contributed by atoms with Crippen LogP contribution in [-0.4, -0.2) is 26.5 Å². The number of hydrogen-bond donors (Lipinski definition) is 2. The summed E-state index contributed by atoms with van der Waals surface area (Å²) in [6.45, 7) is 3.31. The molecule has 1 aromatic rings. The molecule has 6 heteroatoms. The van der Waals surface area contributed by atoms with E-state index in [1.165, 1.54) is 31.9 Å². The zero-order valence-electron chi connectivity index (χ0n) is 12.4. The molecule has 3 rings (SSSR count). The second-order valence-electron chi connectivity index (χ2n) is 6.20. The van der Waals surface area contributed by atoms with Crippen molar-refractivity contribution in [3.05, 3.63) is 18.3 Å². The first-order valence-electron chi connectivity index (χ1n) is 7.78. The predicted octanol–water partition coefficient (Wildman–Crippen LogP) is 2.23. The summed E-state index contributed by atoms with van der Waals surface area (Å²) in [4.78, 5) is 4.37. The van der Waals surface area contributed by atoms with E-state index in [1.54, 1.807) is 12.1 Å². The maximum atomic E-state index is 12.3. The largest absolute Gasteiger partial charge is 0.370 e. The van der Waals surface area contributed by atoms with Crippen molar-refractivity contribution >= 4 is 15.8 Å². The summed E-state index contributed by atoms with van der Waals surface area (Å²) in [5, 5.41) is 3.05. The van der Waals surface area contributed by atoms with Gasteiger partial charge in [0.25, 0.3) is 0 Å². The van der Waals surface area contributed by atoms with Crippen LogP contribution in [-0.2, 0) is 10.0 Å². The fourth-order valence-corrected chi connectivity index (χ4v) is 4.79. The lowest BCUT2D eigenvalue weighted by molar-refractivity contribution is 0.333. The van der Waals surface area contributed by atoms with E-state index >= 15 is 0 Å². The molecule has 0 saturated heterocycles. The average Bonchev–Trinajstić information content (AvgIpc) is 3.09. The molecule has 2 saturated carbocycles. The lowest BCUT2D eigenvalue weighted by Gasteiger charge is -2.21. The fourth-order valence-electron chi connectivity index (χ4n) is 3.75. The van der Waals surface area contributed by atoms with Crippen molar-refractivity contribution in [3.8, 4) is 0 Å². The van der Waals surface area contributed by atoms with Gasteiger partial charge in [0, 0.05) is 19.3 Å². The van der Waals surface area contributed by atoms with E-state index in [0.29, 0.717) is 18.3 Å². The SMILES string of the molecule is CCNc1ccc(S(=O)(=O)NCC2CC3CCC2C3)cn1. The molecule has 2 fully saturated rings. The second kappa shape index (κ2) is 5.93. The highest BCUT2D eigenvalue weighted by atomic mass is 32.2. The Hall–Kier alpha value is -1.14. The summed E-state index contributed by atoms with van der Waals surface area (Å²) in [6, 6.07) is 3.31. The number of rotatable bonds is 6. The molecule has 0 spiro atoms. The molecule has 21 heavy (non-hydrogen) atoms. The van der Waals surface area contributed by atoms with Gasteiger partial charge >= 0.3 is 0 Å². The Balaban J connectivity index is 1.61. The first-order chi connectivity index (χ1) is 10.1. The molecule has 2 aliphatic carbocycles. The smallest absolute Gasteiger partial charge is 0.242 e. The molecule has 2 bridgehead atoms. The molecule has 2 aliphatic rings. The van der Waals surface area contributed by atoms with Crippen molar-refractivity contribution in [2.24, 2.45) is 17.8 Å². The van der Waals surface area contributed by atoms with Gasteiger partial charge in [0.2, 0.25) is 10.0 Å². The Morgan fingerprint density at radius 2 is 2.14 bits per heavy atom. The Kier molecular flexibility index (Phi) is 4.17. The number of pyridine rings is 1. The molecule has 0 radical (unpaired) electrons. The molecule has 0 aliphatic heterocycles. The van der Waals surface area contributed by atoms with Crippen LogP contribution in [0.15, 0.2) is 23.2 Å². The van der Waals surface area contributed by atoms with E-state index in [9.17, 15) is 8.42 Å². The van der Waals surface area contributed by atoms with Crippen LogP contribution in [0.4, 0.5) is 5.82 Å². The van der Waals surface area contributed by atoms with Gasteiger partial charge in [-0.05, 0) is 56.1 Å². The van der Waals surface area contributed by atoms with Crippen LogP contribution in [0.25, 0.3) is 0 Å². The summed E-state index contributed by atoms with van der Waals surface area (Å²) >= 11 is 0. The number of sulfonamides is 1. The van der Waals surface area contributed by atoms with Gasteiger partial charge < -0.3 is 5.32 Å². The van der Waals surface area contributed by atoms with Crippen LogP contribution in [0, 0.1) is 17.8 Å². The maximum absolute atomic E-state index is 12.3. The molecule has 1 aromatic heterocycles. The number of nitrogens with zero attached hydrogens (tertiary/aromatic N) is 1. The standard InChI is InChI=1S/C15H23N3O2S/c1-2-16-15-6-5-14(10-17-15)21(19,20)18-9-13-8-11-3-4-12(13)7-11/h5-6,10-13,18H,2-4,7-9H2,1H3,(H,16,17). The minimum Gasteiger partial charge on any atom is -0.370 e. The second-order valence-corrected chi connectivity index (χ2v) is 7.96. The molecule has 0 amide bonds. The molecule has 3 atom stereocenters. The highest BCUT2D eigenvalue weighted by molar-refractivity contribution is 7.89. The van der Waals surface area contributed by atoms with Gasteiger partial charge in [-0.2, -0.15) is 0 Å². The van der Waals surface area contributed by atoms with E-state index < -0.39 is 10.0 Å². The van der Waals surface area contributed by atoms with Crippen molar-refractivity contribution in [2.45, 2.75) is 37.5 Å². The zero-order valence-corrected chi connectivity index (χ0v) is 13.2. The number of fused-ring (bicyclic) bond motifs is 2. The normalized spacial score (nSPS) is 28.0. The molecule has 3 unspecified atom stereocenters. The van der Waals surface area contributed by atoms with Crippen molar-refractivity contribution in [1.82, 2.24) is 9.71 Å². The van der Waals surface area contributed by atoms with Gasteiger partial charge in [-0.1, -0.05) is 6.42 Å². The molecular formula is C15H23N3O2S. The Labute approximate surface area is 126 Å². The molecular weight excluding hydrogens is 286 g/mol. The average molecular weight is 309 g/mol. The van der Waals surface area contributed by atoms with Crippen molar-refractivity contribution < 1.29 is 8.42 Å². The Morgan fingerprint density at radius 1 is 1.29 bits per heavy atom. The first-order valence-corrected chi connectivity index (χ1v) is 9.26. The van der Waals surface area contributed by atoms with Crippen molar-refractivity contribution in [3.63, 3.8) is 0 Å². The summed E-state index contributed by atoms with van der Waals surface area (Å²) in [6.07, 6.45) is 6.51. The first kappa shape index (κ1) is 14.8. The van der Waals surface area contributed by atoms with Gasteiger partial charge in [-0.3, -0.25) is 0 Å². The minimum absolute atomic E-state index is 0.243. The molecule has 116 valence electrons. The van der Waals surface area contributed by atoms with E-state index in [1.807, 2.05) is 6.92 Å². The van der Waals surface area contributed by atoms with Gasteiger partial charge in [0.1, 0.15) is 10.7 Å². The number of anilines is 1. The minimum atomic E-state index is -3.44. The number of aromatic nitrogens is 1. The highest BCUT2D eigenvalue weighted by Gasteiger charge is 2.39. The monoisotopic (exact) mass is 309 g/mol. The molecule has 2 N–H and O–H groups in total. The Bertz CT molecular complexity index is 585. The van der Waals surface area contributed by atoms with Gasteiger partial charge in [-0.25, -0.2) is 18.1 Å². The molecule has 0 aromatic carbocycles. The third kappa shape index (κ3) is 3.21.